The van der Waals surface area contributed by atoms with Crippen LogP contribution in [0.25, 0.3) is 0 Å². The van der Waals surface area contributed by atoms with Crippen molar-refractivity contribution in [1.29, 1.82) is 0 Å². The molecular formula is C17H23ClN2. The SMILES string of the molecule is NNC(c1ccc(Cl)cc1)C12CC3CC(CC(C3)C1)C2. The molecule has 0 aromatic heterocycles. The molecule has 0 saturated heterocycles. The minimum atomic E-state index is 0.285. The minimum absolute atomic E-state index is 0.285. The molecule has 0 aliphatic heterocycles. The molecule has 5 rings (SSSR count). The number of benzene rings is 1. The van der Waals surface area contributed by atoms with Gasteiger partial charge in [-0.15, -0.1) is 0 Å². The van der Waals surface area contributed by atoms with E-state index in [-0.39, 0.29) is 6.04 Å². The van der Waals surface area contributed by atoms with Crippen LogP contribution < -0.4 is 11.3 Å². The highest BCUT2D eigenvalue weighted by Gasteiger charge is 2.54. The van der Waals surface area contributed by atoms with E-state index in [2.05, 4.69) is 17.6 Å². The first-order valence-electron chi connectivity index (χ1n) is 7.90. The van der Waals surface area contributed by atoms with Crippen LogP contribution in [0, 0.1) is 23.2 Å². The number of nitrogens with two attached hydrogens (primary N) is 1. The predicted molar refractivity (Wildman–Crippen MR) is 82.1 cm³/mol. The van der Waals surface area contributed by atoms with Gasteiger partial charge in [0.25, 0.3) is 0 Å². The van der Waals surface area contributed by atoms with E-state index in [1.807, 2.05) is 12.1 Å². The quantitative estimate of drug-likeness (QED) is 0.651. The first-order valence-corrected chi connectivity index (χ1v) is 8.28. The summed E-state index contributed by atoms with van der Waals surface area (Å²) in [5.41, 5.74) is 4.84. The second-order valence-electron chi connectivity index (χ2n) is 7.43. The van der Waals surface area contributed by atoms with Crippen LogP contribution >= 0.6 is 11.6 Å². The summed E-state index contributed by atoms with van der Waals surface area (Å²) in [6, 6.07) is 8.55. The van der Waals surface area contributed by atoms with Gasteiger partial charge >= 0.3 is 0 Å². The lowest BCUT2D eigenvalue weighted by atomic mass is 9.47. The zero-order valence-electron chi connectivity index (χ0n) is 11.8. The lowest BCUT2D eigenvalue weighted by Gasteiger charge is -2.59. The summed E-state index contributed by atoms with van der Waals surface area (Å²) in [4.78, 5) is 0. The highest BCUT2D eigenvalue weighted by molar-refractivity contribution is 6.30. The summed E-state index contributed by atoms with van der Waals surface area (Å²) in [5.74, 6) is 8.83. The van der Waals surface area contributed by atoms with Crippen molar-refractivity contribution >= 4 is 11.6 Å². The Morgan fingerprint density at radius 2 is 1.50 bits per heavy atom. The molecule has 4 saturated carbocycles. The Labute approximate surface area is 126 Å². The molecule has 4 aliphatic rings. The van der Waals surface area contributed by atoms with Crippen molar-refractivity contribution in [3.8, 4) is 0 Å². The van der Waals surface area contributed by atoms with Crippen LogP contribution in [-0.2, 0) is 0 Å². The van der Waals surface area contributed by atoms with Crippen molar-refractivity contribution < 1.29 is 0 Å². The molecular weight excluding hydrogens is 268 g/mol. The van der Waals surface area contributed by atoms with Gasteiger partial charge in [0.1, 0.15) is 0 Å². The third-order valence-corrected chi connectivity index (χ3v) is 6.32. The molecule has 1 aromatic rings. The lowest BCUT2D eigenvalue weighted by molar-refractivity contribution is -0.0749. The van der Waals surface area contributed by atoms with Crippen molar-refractivity contribution in [2.24, 2.45) is 29.0 Å². The summed E-state index contributed by atoms with van der Waals surface area (Å²) in [6.45, 7) is 0. The van der Waals surface area contributed by atoms with Crippen molar-refractivity contribution in [3.63, 3.8) is 0 Å². The molecule has 0 heterocycles. The molecule has 1 aromatic carbocycles. The zero-order chi connectivity index (χ0) is 13.7. The van der Waals surface area contributed by atoms with E-state index in [0.717, 1.165) is 22.8 Å². The molecule has 4 aliphatic carbocycles. The van der Waals surface area contributed by atoms with Gasteiger partial charge in [0.2, 0.25) is 0 Å². The fraction of sp³-hybridized carbons (Fsp3) is 0.647. The van der Waals surface area contributed by atoms with E-state index in [1.165, 1.54) is 44.1 Å². The molecule has 0 amide bonds. The van der Waals surface area contributed by atoms with Gasteiger partial charge in [0, 0.05) is 5.02 Å². The van der Waals surface area contributed by atoms with Crippen molar-refractivity contribution in [2.75, 3.05) is 0 Å². The summed E-state index contributed by atoms with van der Waals surface area (Å²) in [6.07, 6.45) is 8.48. The number of hydrogen-bond donors (Lipinski definition) is 2. The molecule has 3 N–H and O–H groups in total. The van der Waals surface area contributed by atoms with Gasteiger partial charge in [0.05, 0.1) is 6.04 Å². The first kappa shape index (κ1) is 13.1. The van der Waals surface area contributed by atoms with Gasteiger partial charge in [-0.3, -0.25) is 11.3 Å². The molecule has 3 heteroatoms. The Hall–Kier alpha value is -0.570. The van der Waals surface area contributed by atoms with Crippen LogP contribution in [-0.4, -0.2) is 0 Å². The molecule has 108 valence electrons. The standard InChI is InChI=1S/C17H23ClN2/c18-15-3-1-14(2-4-15)16(20-19)17-8-11-5-12(9-17)7-13(6-11)10-17/h1-4,11-13,16,20H,5-10,19H2. The molecule has 1 atom stereocenters. The Morgan fingerprint density at radius 1 is 1.00 bits per heavy atom. The maximum absolute atomic E-state index is 6.03. The second-order valence-corrected chi connectivity index (χ2v) is 7.87. The molecule has 4 bridgehead atoms. The maximum atomic E-state index is 6.03. The molecule has 20 heavy (non-hydrogen) atoms. The third kappa shape index (κ3) is 2.01. The van der Waals surface area contributed by atoms with Crippen LogP contribution in [0.3, 0.4) is 0 Å². The molecule has 1 unspecified atom stereocenters. The molecule has 4 fully saturated rings. The van der Waals surface area contributed by atoms with Crippen LogP contribution in [0.4, 0.5) is 0 Å². The third-order valence-electron chi connectivity index (χ3n) is 6.07. The van der Waals surface area contributed by atoms with Gasteiger partial charge in [-0.25, -0.2) is 0 Å². The Bertz CT molecular complexity index is 461. The van der Waals surface area contributed by atoms with E-state index < -0.39 is 0 Å². The topological polar surface area (TPSA) is 38.0 Å². The van der Waals surface area contributed by atoms with Gasteiger partial charge in [-0.1, -0.05) is 23.7 Å². The Kier molecular flexibility index (Phi) is 3.10. The van der Waals surface area contributed by atoms with E-state index >= 15 is 0 Å². The fourth-order valence-corrected chi connectivity index (χ4v) is 5.94. The number of halogens is 1. The van der Waals surface area contributed by atoms with Crippen LogP contribution in [0.1, 0.15) is 50.1 Å². The smallest absolute Gasteiger partial charge is 0.0516 e. The molecule has 2 nitrogen and oxygen atoms in total. The van der Waals surface area contributed by atoms with Crippen molar-refractivity contribution in [2.45, 2.75) is 44.6 Å². The van der Waals surface area contributed by atoms with E-state index in [1.54, 1.807) is 0 Å². The highest BCUT2D eigenvalue weighted by Crippen LogP contribution is 2.63. The summed E-state index contributed by atoms with van der Waals surface area (Å²) >= 11 is 6.03. The lowest BCUT2D eigenvalue weighted by Crippen LogP contribution is -2.53. The normalized spacial score (nSPS) is 40.0. The van der Waals surface area contributed by atoms with Crippen LogP contribution in [0.15, 0.2) is 24.3 Å². The maximum Gasteiger partial charge on any atom is 0.0516 e. The molecule has 0 spiro atoms. The van der Waals surface area contributed by atoms with Crippen molar-refractivity contribution in [1.82, 2.24) is 5.43 Å². The van der Waals surface area contributed by atoms with Crippen LogP contribution in [0.2, 0.25) is 5.02 Å². The monoisotopic (exact) mass is 290 g/mol. The number of nitrogens with one attached hydrogen (secondary N) is 1. The van der Waals surface area contributed by atoms with Gasteiger partial charge < -0.3 is 0 Å². The average molecular weight is 291 g/mol. The van der Waals surface area contributed by atoms with Gasteiger partial charge in [0.15, 0.2) is 0 Å². The summed E-state index contributed by atoms with van der Waals surface area (Å²) in [5, 5.41) is 0.801. The number of hydrogen-bond acceptors (Lipinski definition) is 2. The van der Waals surface area contributed by atoms with Crippen LogP contribution in [0.5, 0.6) is 0 Å². The first-order chi connectivity index (χ1) is 9.68. The zero-order valence-corrected chi connectivity index (χ0v) is 12.6. The average Bonchev–Trinajstić information content (AvgIpc) is 2.40. The molecule has 0 radical (unpaired) electrons. The summed E-state index contributed by atoms with van der Waals surface area (Å²) in [7, 11) is 0. The largest absolute Gasteiger partial charge is 0.271 e. The second kappa shape index (κ2) is 4.72. The van der Waals surface area contributed by atoms with E-state index in [4.69, 9.17) is 17.4 Å². The Balaban J connectivity index is 1.68. The van der Waals surface area contributed by atoms with Gasteiger partial charge in [-0.05, 0) is 79.4 Å². The highest BCUT2D eigenvalue weighted by atomic mass is 35.5. The van der Waals surface area contributed by atoms with E-state index in [0.29, 0.717) is 5.41 Å². The number of rotatable bonds is 3. The Morgan fingerprint density at radius 3 is 1.95 bits per heavy atom. The van der Waals surface area contributed by atoms with E-state index in [9.17, 15) is 0 Å². The predicted octanol–water partition coefficient (Wildman–Crippen LogP) is 4.06. The van der Waals surface area contributed by atoms with Crippen molar-refractivity contribution in [3.05, 3.63) is 34.9 Å². The van der Waals surface area contributed by atoms with Gasteiger partial charge in [-0.2, -0.15) is 0 Å². The fourth-order valence-electron chi connectivity index (χ4n) is 5.81. The minimum Gasteiger partial charge on any atom is -0.271 e. The number of hydrazine groups is 1. The summed E-state index contributed by atoms with van der Waals surface area (Å²) < 4.78 is 0.